The maximum absolute atomic E-state index is 4.13. The van der Waals surface area contributed by atoms with Gasteiger partial charge in [0.05, 0.1) is 22.1 Å². The van der Waals surface area contributed by atoms with E-state index in [1.807, 2.05) is 18.2 Å². The highest BCUT2D eigenvalue weighted by atomic mass is 15.0. The van der Waals surface area contributed by atoms with Gasteiger partial charge in [-0.3, -0.25) is 0 Å². The largest absolute Gasteiger partial charge is 0.309 e. The third kappa shape index (κ3) is 5.33. The van der Waals surface area contributed by atoms with Crippen molar-refractivity contribution in [3.63, 3.8) is 0 Å². The minimum absolute atomic E-state index is 0.995. The van der Waals surface area contributed by atoms with Crippen LogP contribution in [0, 0.1) is 0 Å². The fraction of sp³-hybridized carbons (Fsp3) is 0. The molecule has 1 aliphatic rings. The van der Waals surface area contributed by atoms with E-state index in [0.717, 1.165) is 22.4 Å². The lowest BCUT2D eigenvalue weighted by Crippen LogP contribution is -1.95. The van der Waals surface area contributed by atoms with Gasteiger partial charge in [-0.1, -0.05) is 171 Å². The van der Waals surface area contributed by atoms with E-state index >= 15 is 0 Å². The molecule has 2 nitrogen and oxygen atoms in total. The van der Waals surface area contributed by atoms with Crippen LogP contribution in [0.25, 0.3) is 132 Å². The van der Waals surface area contributed by atoms with Crippen LogP contribution >= 0.6 is 0 Å². The van der Waals surface area contributed by atoms with E-state index in [4.69, 9.17) is 0 Å². The predicted octanol–water partition coefficient (Wildman–Crippen LogP) is 17.1. The summed E-state index contributed by atoms with van der Waals surface area (Å²) in [7, 11) is 0. The van der Waals surface area contributed by atoms with Crippen LogP contribution in [0.2, 0.25) is 0 Å². The van der Waals surface area contributed by atoms with Gasteiger partial charge in [0.25, 0.3) is 0 Å². The van der Waals surface area contributed by atoms with Gasteiger partial charge in [0.15, 0.2) is 0 Å². The summed E-state index contributed by atoms with van der Waals surface area (Å²) in [4.78, 5) is 0. The van der Waals surface area contributed by atoms with Crippen molar-refractivity contribution in [3.8, 4) is 61.3 Å². The second-order valence-electron chi connectivity index (χ2n) is 17.0. The van der Waals surface area contributed by atoms with Crippen molar-refractivity contribution in [3.05, 3.63) is 232 Å². The first kappa shape index (κ1) is 36.2. The second kappa shape index (κ2) is 14.0. The molecule has 0 bridgehead atoms. The van der Waals surface area contributed by atoms with E-state index in [-0.39, 0.29) is 0 Å². The highest BCUT2D eigenvalue weighted by Crippen LogP contribution is 2.48. The first-order valence-corrected chi connectivity index (χ1v) is 22.0. The molecule has 10 aromatic carbocycles. The fourth-order valence-electron chi connectivity index (χ4n) is 10.7. The number of benzene rings is 10. The summed E-state index contributed by atoms with van der Waals surface area (Å²) >= 11 is 0. The quantitative estimate of drug-likeness (QED) is 0.142. The Labute approximate surface area is 371 Å². The van der Waals surface area contributed by atoms with Gasteiger partial charge in [0.2, 0.25) is 0 Å². The van der Waals surface area contributed by atoms with E-state index in [2.05, 4.69) is 222 Å². The molecule has 0 saturated carbocycles. The zero-order chi connectivity index (χ0) is 42.5. The Balaban J connectivity index is 0.925. The minimum atomic E-state index is 0.995. The van der Waals surface area contributed by atoms with E-state index in [1.165, 1.54) is 110 Å². The zero-order valence-electron chi connectivity index (χ0n) is 35.1. The fourth-order valence-corrected chi connectivity index (χ4v) is 10.7. The third-order valence-corrected chi connectivity index (χ3v) is 13.6. The average Bonchev–Trinajstić information content (AvgIpc) is 3.99. The molecule has 2 aromatic heterocycles. The highest BCUT2D eigenvalue weighted by Gasteiger charge is 2.22. The monoisotopic (exact) mass is 812 g/mol. The van der Waals surface area contributed by atoms with Gasteiger partial charge in [0.1, 0.15) is 0 Å². The van der Waals surface area contributed by atoms with Gasteiger partial charge in [0, 0.05) is 38.3 Å². The predicted molar refractivity (Wildman–Crippen MR) is 274 cm³/mol. The number of hydrogen-bond acceptors (Lipinski definition) is 0. The van der Waals surface area contributed by atoms with Gasteiger partial charge in [-0.2, -0.15) is 0 Å². The Bertz CT molecular complexity index is 3980. The van der Waals surface area contributed by atoms with Crippen molar-refractivity contribution in [2.75, 3.05) is 0 Å². The molecule has 0 unspecified atom stereocenters. The Hall–Kier alpha value is -8.46. The molecule has 0 radical (unpaired) electrons. The van der Waals surface area contributed by atoms with Crippen LogP contribution in [0.15, 0.2) is 232 Å². The van der Waals surface area contributed by atoms with Crippen LogP contribution in [-0.4, -0.2) is 9.13 Å². The summed E-state index contributed by atoms with van der Waals surface area (Å²) < 4.78 is 4.75. The van der Waals surface area contributed by atoms with Crippen molar-refractivity contribution in [1.82, 2.24) is 9.13 Å². The Morgan fingerprint density at radius 1 is 0.375 bits per heavy atom. The average molecular weight is 813 g/mol. The molecule has 0 saturated heterocycles. The van der Waals surface area contributed by atoms with Crippen LogP contribution in [0.1, 0.15) is 0 Å². The Kier molecular flexibility index (Phi) is 7.94. The van der Waals surface area contributed by atoms with E-state index in [1.54, 1.807) is 0 Å². The SMILES string of the molecule is C=C/C=C(\C=C)n1c2ccccc2c2cc(-c3ccc4c5ccc6ccccc6c5n(-c5ccc(-c6cccc(-c7ccc8c(c7)-c7cccc9cccc-8c79)c6)cc5)c4c3)ccc21. The first-order chi connectivity index (χ1) is 31.6. The molecule has 2 heterocycles. The molecular formula is C62H40N2. The van der Waals surface area contributed by atoms with Crippen LogP contribution in [-0.2, 0) is 0 Å². The van der Waals surface area contributed by atoms with Gasteiger partial charge < -0.3 is 9.13 Å². The van der Waals surface area contributed by atoms with Gasteiger partial charge in [-0.25, -0.2) is 0 Å². The summed E-state index contributed by atoms with van der Waals surface area (Å²) in [6.07, 6.45) is 5.74. The molecule has 0 spiro atoms. The lowest BCUT2D eigenvalue weighted by Gasteiger charge is -2.13. The molecule has 0 atom stereocenters. The smallest absolute Gasteiger partial charge is 0.0619 e. The number of fused-ring (bicyclic) bond motifs is 11. The molecule has 13 rings (SSSR count). The van der Waals surface area contributed by atoms with Gasteiger partial charge in [-0.15, -0.1) is 0 Å². The Morgan fingerprint density at radius 2 is 0.984 bits per heavy atom. The lowest BCUT2D eigenvalue weighted by atomic mass is 9.95. The van der Waals surface area contributed by atoms with Crippen LogP contribution < -0.4 is 0 Å². The molecule has 12 aromatic rings. The van der Waals surface area contributed by atoms with E-state index < -0.39 is 0 Å². The highest BCUT2D eigenvalue weighted by molar-refractivity contribution is 6.20. The maximum atomic E-state index is 4.13. The van der Waals surface area contributed by atoms with E-state index in [9.17, 15) is 0 Å². The molecule has 2 heteroatoms. The molecule has 0 N–H and O–H groups in total. The summed E-state index contributed by atoms with van der Waals surface area (Å²) in [5, 5.41) is 10.0. The summed E-state index contributed by atoms with van der Waals surface area (Å²) in [5.41, 5.74) is 19.3. The van der Waals surface area contributed by atoms with Crippen LogP contribution in [0.5, 0.6) is 0 Å². The maximum Gasteiger partial charge on any atom is 0.0619 e. The van der Waals surface area contributed by atoms with E-state index in [0.29, 0.717) is 0 Å². The standard InChI is InChI=1S/C62H40N2/c1-3-12-47(4-2)63-58-22-8-7-19-51(58)57-37-45(28-34-59(57)63)46-27-32-52-55-33-25-40-13-5-6-18-49(40)62(55)64(60(52)38-46)48-29-23-39(24-30-48)42-16-9-17-43(35-42)44-26-31-50-53-20-10-14-41-15-11-21-54(61(41)53)56(50)36-44/h3-38H,1-2H2/b47-12+. The molecular weight excluding hydrogens is 773 g/mol. The summed E-state index contributed by atoms with van der Waals surface area (Å²) in [6.45, 7) is 8.10. The van der Waals surface area contributed by atoms with Crippen molar-refractivity contribution in [2.24, 2.45) is 0 Å². The normalized spacial score (nSPS) is 12.3. The number of aromatic nitrogens is 2. The third-order valence-electron chi connectivity index (χ3n) is 13.6. The van der Waals surface area contributed by atoms with Crippen molar-refractivity contribution in [1.29, 1.82) is 0 Å². The van der Waals surface area contributed by atoms with Crippen LogP contribution in [0.3, 0.4) is 0 Å². The first-order valence-electron chi connectivity index (χ1n) is 22.0. The number of nitrogens with zero attached hydrogens (tertiary/aromatic N) is 2. The molecule has 1 aliphatic carbocycles. The number of allylic oxidation sites excluding steroid dienone is 4. The molecule has 298 valence electrons. The Morgan fingerprint density at radius 3 is 1.81 bits per heavy atom. The molecule has 64 heavy (non-hydrogen) atoms. The number of para-hydroxylation sites is 1. The number of hydrogen-bond donors (Lipinski definition) is 0. The van der Waals surface area contributed by atoms with Crippen molar-refractivity contribution < 1.29 is 0 Å². The summed E-state index contributed by atoms with van der Waals surface area (Å²) in [5.74, 6) is 0. The molecule has 0 amide bonds. The van der Waals surface area contributed by atoms with Crippen molar-refractivity contribution in [2.45, 2.75) is 0 Å². The van der Waals surface area contributed by atoms with Crippen LogP contribution in [0.4, 0.5) is 0 Å². The van der Waals surface area contributed by atoms with Crippen molar-refractivity contribution >= 4 is 70.9 Å². The zero-order valence-corrected chi connectivity index (χ0v) is 35.1. The topological polar surface area (TPSA) is 9.86 Å². The van der Waals surface area contributed by atoms with Gasteiger partial charge >= 0.3 is 0 Å². The molecule has 0 fully saturated rings. The lowest BCUT2D eigenvalue weighted by molar-refractivity contribution is 1.19. The number of rotatable bonds is 7. The minimum Gasteiger partial charge on any atom is -0.309 e. The second-order valence-corrected chi connectivity index (χ2v) is 17.0. The molecule has 0 aliphatic heterocycles. The summed E-state index contributed by atoms with van der Waals surface area (Å²) in [6, 6.07) is 74.1. The van der Waals surface area contributed by atoms with Gasteiger partial charge in [-0.05, 0) is 132 Å².